The molecule has 4 heterocycles. The number of carbonyl (C=O) groups excluding carboxylic acids is 1. The predicted molar refractivity (Wildman–Crippen MR) is 125 cm³/mol. The van der Waals surface area contributed by atoms with Crippen molar-refractivity contribution in [2.24, 2.45) is 0 Å². The second-order valence-electron chi connectivity index (χ2n) is 7.96. The van der Waals surface area contributed by atoms with Crippen LogP contribution in [0.2, 0.25) is 0 Å². The van der Waals surface area contributed by atoms with Gasteiger partial charge in [0, 0.05) is 43.4 Å². The first-order chi connectivity index (χ1) is 16.8. The van der Waals surface area contributed by atoms with Crippen molar-refractivity contribution in [3.63, 3.8) is 0 Å². The first-order valence-corrected chi connectivity index (χ1v) is 10.9. The Labute approximate surface area is 194 Å². The number of carbonyl (C=O) groups is 1. The number of benzene rings is 2. The average molecular weight is 452 g/mol. The lowest BCUT2D eigenvalue weighted by molar-refractivity contribution is 0.0746. The van der Waals surface area contributed by atoms with Gasteiger partial charge in [-0.1, -0.05) is 35.5 Å². The molecule has 1 aliphatic heterocycles. The fraction of sp³-hybridized carbons (Fsp3) is 0.167. The molecular formula is C24H20N8O2. The summed E-state index contributed by atoms with van der Waals surface area (Å²) in [6.45, 7) is 2.53. The van der Waals surface area contributed by atoms with Gasteiger partial charge in [-0.3, -0.25) is 4.79 Å². The molecule has 168 valence electrons. The summed E-state index contributed by atoms with van der Waals surface area (Å²) in [5.74, 6) is 2.11. The summed E-state index contributed by atoms with van der Waals surface area (Å²) in [5.41, 5.74) is 2.28. The number of nitrogens with zero attached hydrogens (tertiary/aromatic N) is 8. The predicted octanol–water partition coefficient (Wildman–Crippen LogP) is 2.83. The topological polar surface area (TPSA) is 106 Å². The Balaban J connectivity index is 1.18. The molecule has 0 N–H and O–H groups in total. The van der Waals surface area contributed by atoms with Crippen molar-refractivity contribution < 1.29 is 9.32 Å². The molecular weight excluding hydrogens is 432 g/mol. The molecule has 0 unspecified atom stereocenters. The van der Waals surface area contributed by atoms with Crippen LogP contribution in [0.25, 0.3) is 28.0 Å². The highest BCUT2D eigenvalue weighted by Crippen LogP contribution is 2.29. The standard InChI is InChI=1S/C24H20N8O2/c33-24(18-6-7-20-19(12-18)23(34-29-20)17-4-2-1-3-5-17)31-10-8-30(9-11-31)21-13-22(27-15-26-21)32-16-25-14-28-32/h1-7,12-16H,8-11H2. The first-order valence-electron chi connectivity index (χ1n) is 10.9. The second kappa shape index (κ2) is 8.39. The third-order valence-corrected chi connectivity index (χ3v) is 5.94. The zero-order chi connectivity index (χ0) is 22.9. The molecule has 5 aromatic rings. The van der Waals surface area contributed by atoms with E-state index in [1.807, 2.05) is 59.5 Å². The summed E-state index contributed by atoms with van der Waals surface area (Å²) >= 11 is 0. The second-order valence-corrected chi connectivity index (χ2v) is 7.96. The van der Waals surface area contributed by atoms with E-state index in [9.17, 15) is 4.79 Å². The number of hydrogen-bond donors (Lipinski definition) is 0. The molecule has 34 heavy (non-hydrogen) atoms. The number of anilines is 1. The van der Waals surface area contributed by atoms with Gasteiger partial charge in [0.15, 0.2) is 11.6 Å². The molecule has 1 saturated heterocycles. The molecule has 10 nitrogen and oxygen atoms in total. The van der Waals surface area contributed by atoms with E-state index in [0.717, 1.165) is 22.3 Å². The van der Waals surface area contributed by atoms with Crippen LogP contribution in [0.5, 0.6) is 0 Å². The van der Waals surface area contributed by atoms with Crippen molar-refractivity contribution in [2.45, 2.75) is 0 Å². The SMILES string of the molecule is O=C(c1ccc2noc(-c3ccccc3)c2c1)N1CCN(c2cc(-n3cncn3)ncn2)CC1. The molecule has 0 bridgehead atoms. The Morgan fingerprint density at radius 3 is 2.50 bits per heavy atom. The van der Waals surface area contributed by atoms with E-state index in [4.69, 9.17) is 4.52 Å². The number of rotatable bonds is 4. The van der Waals surface area contributed by atoms with Crippen molar-refractivity contribution in [1.29, 1.82) is 0 Å². The van der Waals surface area contributed by atoms with Crippen LogP contribution in [0.4, 0.5) is 5.82 Å². The fourth-order valence-electron chi connectivity index (χ4n) is 4.16. The number of aromatic nitrogens is 6. The third kappa shape index (κ3) is 3.64. The van der Waals surface area contributed by atoms with Crippen molar-refractivity contribution in [3.8, 4) is 17.1 Å². The molecule has 1 aliphatic rings. The van der Waals surface area contributed by atoms with E-state index in [2.05, 4.69) is 30.1 Å². The van der Waals surface area contributed by atoms with E-state index >= 15 is 0 Å². The van der Waals surface area contributed by atoms with Crippen molar-refractivity contribution in [3.05, 3.63) is 79.1 Å². The van der Waals surface area contributed by atoms with Gasteiger partial charge < -0.3 is 14.3 Å². The Morgan fingerprint density at radius 1 is 0.882 bits per heavy atom. The lowest BCUT2D eigenvalue weighted by atomic mass is 10.1. The Morgan fingerprint density at radius 2 is 1.71 bits per heavy atom. The highest BCUT2D eigenvalue weighted by atomic mass is 16.5. The monoisotopic (exact) mass is 452 g/mol. The number of piperazine rings is 1. The molecule has 0 aliphatic carbocycles. The Hall–Kier alpha value is -4.60. The van der Waals surface area contributed by atoms with Crippen LogP contribution >= 0.6 is 0 Å². The molecule has 10 heteroatoms. The van der Waals surface area contributed by atoms with Crippen molar-refractivity contribution >= 4 is 22.6 Å². The van der Waals surface area contributed by atoms with Gasteiger partial charge in [-0.15, -0.1) is 0 Å². The summed E-state index contributed by atoms with van der Waals surface area (Å²) in [7, 11) is 0. The minimum atomic E-state index is -0.00671. The molecule has 6 rings (SSSR count). The average Bonchev–Trinajstić information content (AvgIpc) is 3.59. The summed E-state index contributed by atoms with van der Waals surface area (Å²) in [6.07, 6.45) is 4.58. The number of amides is 1. The van der Waals surface area contributed by atoms with Crippen LogP contribution in [0.15, 0.2) is 78.1 Å². The molecule has 1 amide bonds. The lowest BCUT2D eigenvalue weighted by Gasteiger charge is -2.35. The normalized spacial score (nSPS) is 14.0. The molecule has 2 aromatic carbocycles. The quantitative estimate of drug-likeness (QED) is 0.410. The van der Waals surface area contributed by atoms with E-state index in [-0.39, 0.29) is 5.91 Å². The van der Waals surface area contributed by atoms with Gasteiger partial charge in [0.05, 0.1) is 5.39 Å². The number of hydrogen-bond acceptors (Lipinski definition) is 8. The Kier molecular flexibility index (Phi) is 4.95. The van der Waals surface area contributed by atoms with Crippen LogP contribution in [0.3, 0.4) is 0 Å². The maximum atomic E-state index is 13.3. The van der Waals surface area contributed by atoms with E-state index in [0.29, 0.717) is 43.3 Å². The van der Waals surface area contributed by atoms with E-state index in [1.165, 1.54) is 12.7 Å². The molecule has 0 saturated carbocycles. The van der Waals surface area contributed by atoms with E-state index < -0.39 is 0 Å². The van der Waals surface area contributed by atoms with Crippen LogP contribution in [-0.4, -0.2) is 66.9 Å². The van der Waals surface area contributed by atoms with Gasteiger partial charge in [-0.05, 0) is 18.2 Å². The summed E-state index contributed by atoms with van der Waals surface area (Å²) < 4.78 is 7.17. The van der Waals surface area contributed by atoms with Crippen molar-refractivity contribution in [1.82, 2.24) is 34.8 Å². The van der Waals surface area contributed by atoms with Crippen LogP contribution in [0, 0.1) is 0 Å². The number of fused-ring (bicyclic) bond motifs is 1. The van der Waals surface area contributed by atoms with Gasteiger partial charge in [0.25, 0.3) is 5.91 Å². The van der Waals surface area contributed by atoms with E-state index in [1.54, 1.807) is 11.0 Å². The maximum Gasteiger partial charge on any atom is 0.254 e. The van der Waals surface area contributed by atoms with Crippen molar-refractivity contribution in [2.75, 3.05) is 31.1 Å². The minimum Gasteiger partial charge on any atom is -0.355 e. The summed E-state index contributed by atoms with van der Waals surface area (Å²) in [4.78, 5) is 29.9. The summed E-state index contributed by atoms with van der Waals surface area (Å²) in [5, 5.41) is 9.10. The third-order valence-electron chi connectivity index (χ3n) is 5.94. The smallest absolute Gasteiger partial charge is 0.254 e. The van der Waals surface area contributed by atoms with Gasteiger partial charge in [-0.25, -0.2) is 19.6 Å². The molecule has 0 spiro atoms. The molecule has 1 fully saturated rings. The summed E-state index contributed by atoms with van der Waals surface area (Å²) in [6, 6.07) is 17.2. The molecule has 3 aromatic heterocycles. The molecule has 0 radical (unpaired) electrons. The largest absolute Gasteiger partial charge is 0.355 e. The highest BCUT2D eigenvalue weighted by Gasteiger charge is 2.24. The Bertz CT molecular complexity index is 1440. The van der Waals surface area contributed by atoms with Gasteiger partial charge in [0.1, 0.15) is 30.3 Å². The zero-order valence-electron chi connectivity index (χ0n) is 18.2. The van der Waals surface area contributed by atoms with Crippen LogP contribution in [-0.2, 0) is 0 Å². The fourth-order valence-corrected chi connectivity index (χ4v) is 4.16. The molecule has 0 atom stereocenters. The van der Waals surface area contributed by atoms with Gasteiger partial charge in [-0.2, -0.15) is 5.10 Å². The highest BCUT2D eigenvalue weighted by molar-refractivity contribution is 6.01. The zero-order valence-corrected chi connectivity index (χ0v) is 18.2. The van der Waals surface area contributed by atoms with Gasteiger partial charge in [0.2, 0.25) is 0 Å². The van der Waals surface area contributed by atoms with Crippen LogP contribution < -0.4 is 4.90 Å². The lowest BCUT2D eigenvalue weighted by Crippen LogP contribution is -2.49. The van der Waals surface area contributed by atoms with Gasteiger partial charge >= 0.3 is 0 Å². The maximum absolute atomic E-state index is 13.3. The van der Waals surface area contributed by atoms with Crippen LogP contribution in [0.1, 0.15) is 10.4 Å². The minimum absolute atomic E-state index is 0.00671. The first kappa shape index (κ1) is 20.0.